The van der Waals surface area contributed by atoms with Gasteiger partial charge in [-0.2, -0.15) is 0 Å². The molecule has 0 aliphatic rings. The molecule has 4 nitrogen and oxygen atoms in total. The molecule has 82 valence electrons. The Hall–Kier alpha value is -1.42. The van der Waals surface area contributed by atoms with Gasteiger partial charge in [-0.1, -0.05) is 6.07 Å². The number of amides is 1. The molecule has 0 aliphatic heterocycles. The van der Waals surface area contributed by atoms with Crippen LogP contribution in [0.15, 0.2) is 24.5 Å². The number of carbonyl (C=O) groups excluding carboxylic acids is 1. The second kappa shape index (κ2) is 6.14. The molecule has 0 saturated carbocycles. The smallest absolute Gasteiger partial charge is 0.220 e. The van der Waals surface area contributed by atoms with E-state index in [9.17, 15) is 4.79 Å². The third kappa shape index (κ3) is 4.56. The summed E-state index contributed by atoms with van der Waals surface area (Å²) in [5, 5.41) is 2.82. The monoisotopic (exact) mass is 207 g/mol. The molecular weight excluding hydrogens is 190 g/mol. The number of aromatic nitrogens is 1. The second-order valence-corrected chi connectivity index (χ2v) is 3.57. The van der Waals surface area contributed by atoms with E-state index >= 15 is 0 Å². The van der Waals surface area contributed by atoms with Gasteiger partial charge in [0.05, 0.1) is 0 Å². The zero-order chi connectivity index (χ0) is 11.1. The van der Waals surface area contributed by atoms with Crippen molar-refractivity contribution in [2.75, 3.05) is 6.54 Å². The van der Waals surface area contributed by atoms with Crippen LogP contribution in [-0.4, -0.2) is 23.5 Å². The zero-order valence-corrected chi connectivity index (χ0v) is 8.94. The molecule has 0 unspecified atom stereocenters. The first-order chi connectivity index (χ1) is 7.22. The quantitative estimate of drug-likeness (QED) is 0.737. The summed E-state index contributed by atoms with van der Waals surface area (Å²) < 4.78 is 0. The molecule has 0 saturated heterocycles. The second-order valence-electron chi connectivity index (χ2n) is 3.57. The predicted molar refractivity (Wildman–Crippen MR) is 59.2 cm³/mol. The first kappa shape index (κ1) is 11.7. The van der Waals surface area contributed by atoms with E-state index in [4.69, 9.17) is 5.73 Å². The van der Waals surface area contributed by atoms with E-state index in [0.29, 0.717) is 13.0 Å². The first-order valence-corrected chi connectivity index (χ1v) is 5.10. The van der Waals surface area contributed by atoms with Crippen molar-refractivity contribution in [2.45, 2.75) is 25.8 Å². The van der Waals surface area contributed by atoms with Crippen molar-refractivity contribution in [3.63, 3.8) is 0 Å². The van der Waals surface area contributed by atoms with Crippen LogP contribution in [0.5, 0.6) is 0 Å². The van der Waals surface area contributed by atoms with Crippen molar-refractivity contribution in [1.29, 1.82) is 0 Å². The predicted octanol–water partition coefficient (Wildman–Crippen LogP) is 0.478. The summed E-state index contributed by atoms with van der Waals surface area (Å²) in [6.45, 7) is 2.36. The average Bonchev–Trinajstić information content (AvgIpc) is 2.27. The molecule has 15 heavy (non-hydrogen) atoms. The highest BCUT2D eigenvalue weighted by molar-refractivity contribution is 5.76. The molecule has 1 heterocycles. The highest BCUT2D eigenvalue weighted by atomic mass is 16.1. The summed E-state index contributed by atoms with van der Waals surface area (Å²) in [6, 6.07) is 3.88. The molecule has 1 rings (SSSR count). The summed E-state index contributed by atoms with van der Waals surface area (Å²) in [7, 11) is 0. The molecule has 0 fully saturated rings. The van der Waals surface area contributed by atoms with Crippen LogP contribution in [0.25, 0.3) is 0 Å². The molecule has 1 atom stereocenters. The van der Waals surface area contributed by atoms with Gasteiger partial charge in [-0.05, 0) is 25.0 Å². The Labute approximate surface area is 89.9 Å². The van der Waals surface area contributed by atoms with Gasteiger partial charge in [0, 0.05) is 31.4 Å². The van der Waals surface area contributed by atoms with Crippen LogP contribution < -0.4 is 11.1 Å². The van der Waals surface area contributed by atoms with Crippen LogP contribution in [-0.2, 0) is 11.2 Å². The minimum absolute atomic E-state index is 0.0387. The van der Waals surface area contributed by atoms with Gasteiger partial charge in [-0.15, -0.1) is 0 Å². The van der Waals surface area contributed by atoms with Gasteiger partial charge in [0.1, 0.15) is 0 Å². The lowest BCUT2D eigenvalue weighted by atomic mass is 10.1. The normalized spacial score (nSPS) is 12.1. The molecule has 0 aromatic carbocycles. The minimum Gasteiger partial charge on any atom is -0.352 e. The molecule has 1 aromatic rings. The van der Waals surface area contributed by atoms with Crippen LogP contribution in [0.3, 0.4) is 0 Å². The van der Waals surface area contributed by atoms with Crippen molar-refractivity contribution in [3.05, 3.63) is 30.1 Å². The van der Waals surface area contributed by atoms with Gasteiger partial charge in [-0.3, -0.25) is 9.78 Å². The SMILES string of the molecule is C[C@H](CN)NC(=O)CCc1cccnc1. The topological polar surface area (TPSA) is 68.0 Å². The van der Waals surface area contributed by atoms with Crippen LogP contribution in [0.4, 0.5) is 0 Å². The van der Waals surface area contributed by atoms with Crippen LogP contribution >= 0.6 is 0 Å². The maximum Gasteiger partial charge on any atom is 0.220 e. The van der Waals surface area contributed by atoms with Crippen molar-refractivity contribution in [2.24, 2.45) is 5.73 Å². The number of nitrogens with zero attached hydrogens (tertiary/aromatic N) is 1. The Balaban J connectivity index is 2.29. The molecule has 0 radical (unpaired) electrons. The number of hydrogen-bond acceptors (Lipinski definition) is 3. The number of aryl methyl sites for hydroxylation is 1. The highest BCUT2D eigenvalue weighted by Gasteiger charge is 2.05. The highest BCUT2D eigenvalue weighted by Crippen LogP contribution is 2.00. The summed E-state index contributed by atoms with van der Waals surface area (Å²) in [5.41, 5.74) is 6.48. The molecule has 0 bridgehead atoms. The molecule has 1 amide bonds. The van der Waals surface area contributed by atoms with Crippen molar-refractivity contribution in [1.82, 2.24) is 10.3 Å². The number of carbonyl (C=O) groups is 1. The molecule has 1 aromatic heterocycles. The Morgan fingerprint density at radius 2 is 2.47 bits per heavy atom. The first-order valence-electron chi connectivity index (χ1n) is 5.10. The number of nitrogens with two attached hydrogens (primary N) is 1. The van der Waals surface area contributed by atoms with E-state index in [0.717, 1.165) is 12.0 Å². The van der Waals surface area contributed by atoms with Crippen molar-refractivity contribution < 1.29 is 4.79 Å². The van der Waals surface area contributed by atoms with Gasteiger partial charge >= 0.3 is 0 Å². The summed E-state index contributed by atoms with van der Waals surface area (Å²) in [6.07, 6.45) is 4.70. The standard InChI is InChI=1S/C11H17N3O/c1-9(7-12)14-11(15)5-4-10-3-2-6-13-8-10/h2-3,6,8-9H,4-5,7,12H2,1H3,(H,14,15)/t9-/m1/s1. The Bertz CT molecular complexity index is 300. The van der Waals surface area contributed by atoms with E-state index in [-0.39, 0.29) is 11.9 Å². The van der Waals surface area contributed by atoms with Gasteiger partial charge in [0.15, 0.2) is 0 Å². The molecule has 3 N–H and O–H groups in total. The van der Waals surface area contributed by atoms with Crippen LogP contribution in [0.2, 0.25) is 0 Å². The summed E-state index contributed by atoms with van der Waals surface area (Å²) in [5.74, 6) is 0.0387. The Kier molecular flexibility index (Phi) is 4.77. The Morgan fingerprint density at radius 1 is 1.67 bits per heavy atom. The van der Waals surface area contributed by atoms with Gasteiger partial charge in [0.2, 0.25) is 5.91 Å². The van der Waals surface area contributed by atoms with E-state index in [1.165, 1.54) is 0 Å². The van der Waals surface area contributed by atoms with E-state index in [1.807, 2.05) is 19.1 Å². The van der Waals surface area contributed by atoms with E-state index in [2.05, 4.69) is 10.3 Å². The summed E-state index contributed by atoms with van der Waals surface area (Å²) in [4.78, 5) is 15.4. The van der Waals surface area contributed by atoms with Crippen LogP contribution in [0.1, 0.15) is 18.9 Å². The van der Waals surface area contributed by atoms with Gasteiger partial charge < -0.3 is 11.1 Å². The zero-order valence-electron chi connectivity index (χ0n) is 8.94. The van der Waals surface area contributed by atoms with E-state index in [1.54, 1.807) is 12.4 Å². The largest absolute Gasteiger partial charge is 0.352 e. The minimum atomic E-state index is 0.0387. The lowest BCUT2D eigenvalue weighted by Gasteiger charge is -2.10. The fraction of sp³-hybridized carbons (Fsp3) is 0.455. The van der Waals surface area contributed by atoms with Crippen molar-refractivity contribution in [3.8, 4) is 0 Å². The van der Waals surface area contributed by atoms with Crippen molar-refractivity contribution >= 4 is 5.91 Å². The van der Waals surface area contributed by atoms with Gasteiger partial charge in [0.25, 0.3) is 0 Å². The van der Waals surface area contributed by atoms with E-state index < -0.39 is 0 Å². The van der Waals surface area contributed by atoms with Gasteiger partial charge in [-0.25, -0.2) is 0 Å². The molecule has 4 heteroatoms. The fourth-order valence-corrected chi connectivity index (χ4v) is 1.21. The number of pyridine rings is 1. The maximum absolute atomic E-state index is 11.4. The van der Waals surface area contributed by atoms with Crippen LogP contribution in [0, 0.1) is 0 Å². The number of hydrogen-bond donors (Lipinski definition) is 2. The lowest BCUT2D eigenvalue weighted by molar-refractivity contribution is -0.121. The lowest BCUT2D eigenvalue weighted by Crippen LogP contribution is -2.37. The Morgan fingerprint density at radius 3 is 3.07 bits per heavy atom. The molecule has 0 spiro atoms. The fourth-order valence-electron chi connectivity index (χ4n) is 1.21. The summed E-state index contributed by atoms with van der Waals surface area (Å²) >= 11 is 0. The third-order valence-corrected chi connectivity index (χ3v) is 2.12. The maximum atomic E-state index is 11.4. The average molecular weight is 207 g/mol. The molecular formula is C11H17N3O. The number of rotatable bonds is 5. The third-order valence-electron chi connectivity index (χ3n) is 2.12. The molecule has 0 aliphatic carbocycles. The number of nitrogens with one attached hydrogen (secondary N) is 1.